The molecule has 0 N–H and O–H groups in total. The Kier molecular flexibility index (Phi) is 6.85. The van der Waals surface area contributed by atoms with Gasteiger partial charge in [-0.15, -0.1) is 0 Å². The third kappa shape index (κ3) is 5.17. The van der Waals surface area contributed by atoms with Crippen LogP contribution in [0, 0.1) is 11.3 Å². The highest BCUT2D eigenvalue weighted by molar-refractivity contribution is 5.28. The van der Waals surface area contributed by atoms with Crippen LogP contribution in [0.5, 0.6) is 5.75 Å². The van der Waals surface area contributed by atoms with Gasteiger partial charge in [-0.3, -0.25) is 4.90 Å². The van der Waals surface area contributed by atoms with E-state index in [1.165, 1.54) is 5.56 Å². The van der Waals surface area contributed by atoms with Crippen molar-refractivity contribution in [3.63, 3.8) is 0 Å². The lowest BCUT2D eigenvalue weighted by molar-refractivity contribution is 0.145. The van der Waals surface area contributed by atoms with Crippen LogP contribution in [0.4, 0.5) is 0 Å². The number of ether oxygens (including phenoxy) is 2. The molecular formula is C14H20N2O2. The van der Waals surface area contributed by atoms with Gasteiger partial charge in [-0.2, -0.15) is 5.26 Å². The van der Waals surface area contributed by atoms with E-state index in [1.807, 2.05) is 18.2 Å². The van der Waals surface area contributed by atoms with Gasteiger partial charge in [0.25, 0.3) is 0 Å². The SMILES string of the molecule is COCCN(CCC#N)Cc1cccc(OC)c1. The van der Waals surface area contributed by atoms with Crippen molar-refractivity contribution in [3.05, 3.63) is 29.8 Å². The normalized spacial score (nSPS) is 10.3. The van der Waals surface area contributed by atoms with Gasteiger partial charge in [0.05, 0.1) is 19.8 Å². The first kappa shape index (κ1) is 14.5. The van der Waals surface area contributed by atoms with E-state index >= 15 is 0 Å². The summed E-state index contributed by atoms with van der Waals surface area (Å²) >= 11 is 0. The molecule has 1 aromatic rings. The number of rotatable bonds is 8. The molecule has 0 atom stereocenters. The predicted octanol–water partition coefficient (Wildman–Crippen LogP) is 2.06. The van der Waals surface area contributed by atoms with Crippen LogP contribution in [-0.2, 0) is 11.3 Å². The first-order chi connectivity index (χ1) is 8.80. The molecule has 0 radical (unpaired) electrons. The molecule has 98 valence electrons. The van der Waals surface area contributed by atoms with Crippen molar-refractivity contribution >= 4 is 0 Å². The molecule has 0 heterocycles. The van der Waals surface area contributed by atoms with E-state index in [0.717, 1.165) is 25.4 Å². The van der Waals surface area contributed by atoms with Gasteiger partial charge < -0.3 is 9.47 Å². The van der Waals surface area contributed by atoms with Gasteiger partial charge >= 0.3 is 0 Å². The smallest absolute Gasteiger partial charge is 0.119 e. The van der Waals surface area contributed by atoms with Crippen LogP contribution in [0.1, 0.15) is 12.0 Å². The van der Waals surface area contributed by atoms with Gasteiger partial charge in [0, 0.05) is 33.2 Å². The molecular weight excluding hydrogens is 228 g/mol. The number of benzene rings is 1. The number of hydrogen-bond acceptors (Lipinski definition) is 4. The number of hydrogen-bond donors (Lipinski definition) is 0. The third-order valence-corrected chi connectivity index (χ3v) is 2.69. The molecule has 18 heavy (non-hydrogen) atoms. The van der Waals surface area contributed by atoms with E-state index in [-0.39, 0.29) is 0 Å². The Balaban J connectivity index is 2.59. The third-order valence-electron chi connectivity index (χ3n) is 2.69. The van der Waals surface area contributed by atoms with E-state index < -0.39 is 0 Å². The van der Waals surface area contributed by atoms with Crippen LogP contribution in [0.2, 0.25) is 0 Å². The second kappa shape index (κ2) is 8.51. The highest BCUT2D eigenvalue weighted by Crippen LogP contribution is 2.14. The summed E-state index contributed by atoms with van der Waals surface area (Å²) in [5.41, 5.74) is 1.18. The summed E-state index contributed by atoms with van der Waals surface area (Å²) in [5.74, 6) is 0.861. The van der Waals surface area contributed by atoms with E-state index in [9.17, 15) is 0 Å². The first-order valence-corrected chi connectivity index (χ1v) is 6.01. The fourth-order valence-electron chi connectivity index (χ4n) is 1.73. The minimum absolute atomic E-state index is 0.535. The van der Waals surface area contributed by atoms with Crippen molar-refractivity contribution < 1.29 is 9.47 Å². The van der Waals surface area contributed by atoms with Gasteiger partial charge in [0.15, 0.2) is 0 Å². The molecule has 0 unspecified atom stereocenters. The van der Waals surface area contributed by atoms with Crippen molar-refractivity contribution in [2.45, 2.75) is 13.0 Å². The van der Waals surface area contributed by atoms with E-state index in [0.29, 0.717) is 13.0 Å². The molecule has 4 nitrogen and oxygen atoms in total. The van der Waals surface area contributed by atoms with Crippen molar-refractivity contribution in [1.82, 2.24) is 4.90 Å². The molecule has 4 heteroatoms. The standard InChI is InChI=1S/C14H20N2O2/c1-17-10-9-16(8-4-7-15)12-13-5-3-6-14(11-13)18-2/h3,5-6,11H,4,8-10,12H2,1-2H3. The highest BCUT2D eigenvalue weighted by Gasteiger charge is 2.06. The molecule has 0 aliphatic carbocycles. The summed E-state index contributed by atoms with van der Waals surface area (Å²) < 4.78 is 10.3. The summed E-state index contributed by atoms with van der Waals surface area (Å²) in [5, 5.41) is 8.66. The highest BCUT2D eigenvalue weighted by atomic mass is 16.5. The molecule has 0 aromatic heterocycles. The average Bonchev–Trinajstić information content (AvgIpc) is 2.42. The maximum Gasteiger partial charge on any atom is 0.119 e. The van der Waals surface area contributed by atoms with Crippen molar-refractivity contribution in [1.29, 1.82) is 5.26 Å². The van der Waals surface area contributed by atoms with Crippen LogP contribution in [-0.4, -0.2) is 38.8 Å². The van der Waals surface area contributed by atoms with Gasteiger partial charge in [-0.1, -0.05) is 12.1 Å². The van der Waals surface area contributed by atoms with Gasteiger partial charge in [-0.05, 0) is 17.7 Å². The molecule has 1 aromatic carbocycles. The quantitative estimate of drug-likeness (QED) is 0.706. The predicted molar refractivity (Wildman–Crippen MR) is 70.4 cm³/mol. The van der Waals surface area contributed by atoms with Crippen LogP contribution in [0.3, 0.4) is 0 Å². The number of methoxy groups -OCH3 is 2. The summed E-state index contributed by atoms with van der Waals surface area (Å²) in [6.45, 7) is 3.07. The fourth-order valence-corrected chi connectivity index (χ4v) is 1.73. The minimum Gasteiger partial charge on any atom is -0.497 e. The van der Waals surface area contributed by atoms with Gasteiger partial charge in [-0.25, -0.2) is 0 Å². The zero-order valence-electron chi connectivity index (χ0n) is 11.1. The maximum absolute atomic E-state index is 8.66. The zero-order chi connectivity index (χ0) is 13.2. The topological polar surface area (TPSA) is 45.5 Å². The molecule has 0 aliphatic heterocycles. The maximum atomic E-state index is 8.66. The summed E-state index contributed by atoms with van der Waals surface area (Å²) in [7, 11) is 3.35. The van der Waals surface area contributed by atoms with E-state index in [2.05, 4.69) is 17.0 Å². The van der Waals surface area contributed by atoms with E-state index in [4.69, 9.17) is 14.7 Å². The fraction of sp³-hybridized carbons (Fsp3) is 0.500. The Morgan fingerprint density at radius 1 is 1.28 bits per heavy atom. The van der Waals surface area contributed by atoms with Crippen LogP contribution < -0.4 is 4.74 Å². The summed E-state index contributed by atoms with van der Waals surface area (Å²) in [6, 6.07) is 10.2. The van der Waals surface area contributed by atoms with Crippen molar-refractivity contribution in [3.8, 4) is 11.8 Å². The lowest BCUT2D eigenvalue weighted by Gasteiger charge is -2.21. The lowest BCUT2D eigenvalue weighted by atomic mass is 10.2. The molecule has 0 fully saturated rings. The van der Waals surface area contributed by atoms with Crippen LogP contribution >= 0.6 is 0 Å². The molecule has 0 bridgehead atoms. The summed E-state index contributed by atoms with van der Waals surface area (Å²) in [4.78, 5) is 2.21. The molecule has 0 saturated heterocycles. The van der Waals surface area contributed by atoms with Crippen molar-refractivity contribution in [2.24, 2.45) is 0 Å². The Morgan fingerprint density at radius 3 is 2.78 bits per heavy atom. The largest absolute Gasteiger partial charge is 0.497 e. The summed E-state index contributed by atoms with van der Waals surface area (Å²) in [6.07, 6.45) is 0.535. The van der Waals surface area contributed by atoms with Crippen LogP contribution in [0.25, 0.3) is 0 Å². The Hall–Kier alpha value is -1.57. The van der Waals surface area contributed by atoms with Gasteiger partial charge in [0.1, 0.15) is 5.75 Å². The number of nitrogens with zero attached hydrogens (tertiary/aromatic N) is 2. The molecule has 0 spiro atoms. The minimum atomic E-state index is 0.535. The Labute approximate surface area is 109 Å². The average molecular weight is 248 g/mol. The second-order valence-corrected chi connectivity index (χ2v) is 4.03. The Morgan fingerprint density at radius 2 is 2.11 bits per heavy atom. The zero-order valence-corrected chi connectivity index (χ0v) is 11.1. The van der Waals surface area contributed by atoms with Crippen LogP contribution in [0.15, 0.2) is 24.3 Å². The number of nitriles is 1. The molecule has 1 rings (SSSR count). The van der Waals surface area contributed by atoms with E-state index in [1.54, 1.807) is 14.2 Å². The van der Waals surface area contributed by atoms with Gasteiger partial charge in [0.2, 0.25) is 0 Å². The second-order valence-electron chi connectivity index (χ2n) is 4.03. The monoisotopic (exact) mass is 248 g/mol. The molecule has 0 saturated carbocycles. The lowest BCUT2D eigenvalue weighted by Crippen LogP contribution is -2.28. The Bertz CT molecular complexity index is 388. The molecule has 0 amide bonds. The van der Waals surface area contributed by atoms with Crippen molar-refractivity contribution in [2.75, 3.05) is 33.9 Å². The molecule has 0 aliphatic rings. The first-order valence-electron chi connectivity index (χ1n) is 6.01.